The first-order valence-corrected chi connectivity index (χ1v) is 12.4. The van der Waals surface area contributed by atoms with Gasteiger partial charge in [0.25, 0.3) is 0 Å². The maximum Gasteiger partial charge on any atom is 0.335 e. The second-order valence-corrected chi connectivity index (χ2v) is 9.50. The van der Waals surface area contributed by atoms with Gasteiger partial charge in [0.2, 0.25) is 10.0 Å². The van der Waals surface area contributed by atoms with E-state index in [2.05, 4.69) is 10.0 Å². The van der Waals surface area contributed by atoms with Gasteiger partial charge in [-0.2, -0.15) is 0 Å². The number of ether oxygens (including phenoxy) is 1. The molecule has 0 spiro atoms. The molecule has 186 valence electrons. The molecule has 0 amide bonds. The molecule has 0 unspecified atom stereocenters. The highest BCUT2D eigenvalue weighted by Crippen LogP contribution is 2.28. The summed E-state index contributed by atoms with van der Waals surface area (Å²) >= 11 is 0. The minimum atomic E-state index is -3.60. The summed E-state index contributed by atoms with van der Waals surface area (Å²) in [4.78, 5) is 10.9. The number of phenolic OH excluding ortho intramolecular Hbond substituents is 1. The van der Waals surface area contributed by atoms with Crippen LogP contribution in [0.2, 0.25) is 0 Å². The largest absolute Gasteiger partial charge is 0.506 e. The number of hydrogen-bond donors (Lipinski definition) is 5. The molecule has 0 aliphatic heterocycles. The fourth-order valence-electron chi connectivity index (χ4n) is 3.23. The number of hydrogen-bond acceptors (Lipinski definition) is 7. The molecule has 1 atom stereocenters. The summed E-state index contributed by atoms with van der Waals surface area (Å²) in [7, 11) is -3.60. The highest BCUT2D eigenvalue weighted by molar-refractivity contribution is 7.92. The number of aromatic carboxylic acids is 1. The van der Waals surface area contributed by atoms with E-state index in [1.165, 1.54) is 42.5 Å². The predicted molar refractivity (Wildman–Crippen MR) is 129 cm³/mol. The number of aliphatic hydroxyl groups excluding tert-OH is 1. The Hall–Kier alpha value is -3.67. The van der Waals surface area contributed by atoms with Crippen LogP contribution in [-0.2, 0) is 10.0 Å². The Morgan fingerprint density at radius 3 is 2.37 bits per heavy atom. The smallest absolute Gasteiger partial charge is 0.335 e. The minimum Gasteiger partial charge on any atom is -0.506 e. The number of phenols is 1. The van der Waals surface area contributed by atoms with Crippen molar-refractivity contribution in [3.63, 3.8) is 0 Å². The molecule has 0 aliphatic carbocycles. The number of carbonyl (C=O) groups is 1. The lowest BCUT2D eigenvalue weighted by molar-refractivity contribution is 0.0697. The number of anilines is 1. The SMILES string of the molecule is CS(=O)(=O)Nc1cc([C@H](O)CNCCOc2ccc(-c3ccc(C(=O)O)cc3)cc2F)ccc1O. The number of rotatable bonds is 11. The van der Waals surface area contributed by atoms with E-state index >= 15 is 0 Å². The van der Waals surface area contributed by atoms with Crippen LogP contribution in [0.5, 0.6) is 11.5 Å². The van der Waals surface area contributed by atoms with E-state index in [9.17, 15) is 27.8 Å². The number of halogens is 1. The van der Waals surface area contributed by atoms with Crippen molar-refractivity contribution in [3.05, 3.63) is 77.6 Å². The molecule has 0 saturated carbocycles. The van der Waals surface area contributed by atoms with Gasteiger partial charge in [0.05, 0.1) is 23.6 Å². The number of carboxylic acids is 1. The Labute approximate surface area is 201 Å². The van der Waals surface area contributed by atoms with Gasteiger partial charge in [0.1, 0.15) is 12.4 Å². The molecule has 3 rings (SSSR count). The van der Waals surface area contributed by atoms with Crippen LogP contribution < -0.4 is 14.8 Å². The second-order valence-electron chi connectivity index (χ2n) is 7.75. The number of sulfonamides is 1. The van der Waals surface area contributed by atoms with Crippen molar-refractivity contribution in [3.8, 4) is 22.6 Å². The van der Waals surface area contributed by atoms with Gasteiger partial charge in [0, 0.05) is 13.1 Å². The van der Waals surface area contributed by atoms with Crippen LogP contribution in [0, 0.1) is 5.82 Å². The van der Waals surface area contributed by atoms with Crippen LogP contribution >= 0.6 is 0 Å². The molecule has 35 heavy (non-hydrogen) atoms. The zero-order valence-corrected chi connectivity index (χ0v) is 19.5. The summed E-state index contributed by atoms with van der Waals surface area (Å²) < 4.78 is 44.8. The van der Waals surface area contributed by atoms with E-state index in [0.29, 0.717) is 23.2 Å². The van der Waals surface area contributed by atoms with Crippen LogP contribution in [0.15, 0.2) is 60.7 Å². The Balaban J connectivity index is 1.49. The van der Waals surface area contributed by atoms with E-state index in [1.54, 1.807) is 18.2 Å². The van der Waals surface area contributed by atoms with Crippen LogP contribution in [0.4, 0.5) is 10.1 Å². The van der Waals surface area contributed by atoms with Crippen molar-refractivity contribution >= 4 is 21.7 Å². The van der Waals surface area contributed by atoms with Crippen LogP contribution in [0.1, 0.15) is 22.0 Å². The predicted octanol–water partition coefficient (Wildman–Crippen LogP) is 2.97. The van der Waals surface area contributed by atoms with Crippen molar-refractivity contribution in [1.29, 1.82) is 0 Å². The molecule has 0 aromatic heterocycles. The molecule has 0 radical (unpaired) electrons. The molecule has 9 nitrogen and oxygen atoms in total. The normalized spacial score (nSPS) is 12.2. The lowest BCUT2D eigenvalue weighted by Crippen LogP contribution is -2.26. The van der Waals surface area contributed by atoms with Crippen LogP contribution in [0.25, 0.3) is 11.1 Å². The number of benzene rings is 3. The molecule has 0 heterocycles. The molecule has 5 N–H and O–H groups in total. The topological polar surface area (TPSA) is 145 Å². The lowest BCUT2D eigenvalue weighted by Gasteiger charge is -2.15. The Kier molecular flexibility index (Phi) is 8.28. The quantitative estimate of drug-likeness (QED) is 0.198. The molecule has 0 saturated heterocycles. The maximum absolute atomic E-state index is 14.4. The zero-order chi connectivity index (χ0) is 25.6. The third kappa shape index (κ3) is 7.41. The molecule has 11 heteroatoms. The lowest BCUT2D eigenvalue weighted by atomic mass is 10.0. The fraction of sp³-hybridized carbons (Fsp3) is 0.208. The van der Waals surface area contributed by atoms with E-state index < -0.39 is 27.9 Å². The monoisotopic (exact) mass is 504 g/mol. The van der Waals surface area contributed by atoms with Gasteiger partial charge in [-0.15, -0.1) is 0 Å². The molecular formula is C24H25FN2O7S. The first-order valence-electron chi connectivity index (χ1n) is 10.5. The molecule has 0 aliphatic rings. The maximum atomic E-state index is 14.4. The van der Waals surface area contributed by atoms with E-state index in [0.717, 1.165) is 6.26 Å². The molecule has 0 fully saturated rings. The molecular weight excluding hydrogens is 479 g/mol. The standard InChI is InChI=1S/C24H25FN2O7S/c1-35(32,33)27-20-13-18(6-8-21(20)28)22(29)14-26-10-11-34-23-9-7-17(12-19(23)25)15-2-4-16(5-3-15)24(30)31/h2-9,12-13,22,26-29H,10-11,14H2,1H3,(H,30,31)/t22-/m1/s1. The average Bonchev–Trinajstić information content (AvgIpc) is 2.80. The van der Waals surface area contributed by atoms with Crippen molar-refractivity contribution in [2.24, 2.45) is 0 Å². The summed E-state index contributed by atoms with van der Waals surface area (Å²) in [5.41, 5.74) is 1.74. The first kappa shape index (κ1) is 25.9. The van der Waals surface area contributed by atoms with E-state index in [-0.39, 0.29) is 35.9 Å². The van der Waals surface area contributed by atoms with Gasteiger partial charge in [-0.05, 0) is 53.1 Å². The molecule has 3 aromatic carbocycles. The highest BCUT2D eigenvalue weighted by Gasteiger charge is 2.13. The second kappa shape index (κ2) is 11.2. The molecule has 3 aromatic rings. The van der Waals surface area contributed by atoms with Gasteiger partial charge in [-0.25, -0.2) is 17.6 Å². The summed E-state index contributed by atoms with van der Waals surface area (Å²) in [6.07, 6.45) is -0.0364. The van der Waals surface area contributed by atoms with Gasteiger partial charge in [-0.1, -0.05) is 24.3 Å². The Bertz CT molecular complexity index is 1300. The third-order valence-electron chi connectivity index (χ3n) is 4.97. The molecule has 0 bridgehead atoms. The van der Waals surface area contributed by atoms with Gasteiger partial charge in [0.15, 0.2) is 11.6 Å². The van der Waals surface area contributed by atoms with Crippen LogP contribution in [0.3, 0.4) is 0 Å². The van der Waals surface area contributed by atoms with Gasteiger partial charge in [-0.3, -0.25) is 4.72 Å². The number of aromatic hydroxyl groups is 1. The number of aliphatic hydroxyl groups is 1. The Morgan fingerprint density at radius 2 is 1.74 bits per heavy atom. The fourth-order valence-corrected chi connectivity index (χ4v) is 3.80. The first-order chi connectivity index (χ1) is 16.5. The van der Waals surface area contributed by atoms with Gasteiger partial charge < -0.3 is 25.4 Å². The van der Waals surface area contributed by atoms with Crippen molar-refractivity contribution in [1.82, 2.24) is 5.32 Å². The minimum absolute atomic E-state index is 0.0378. The summed E-state index contributed by atoms with van der Waals surface area (Å²) in [6.45, 7) is 0.522. The number of carboxylic acid groups (broad SMARTS) is 1. The number of nitrogens with one attached hydrogen (secondary N) is 2. The third-order valence-corrected chi connectivity index (χ3v) is 5.56. The van der Waals surface area contributed by atoms with E-state index in [4.69, 9.17) is 9.84 Å². The van der Waals surface area contributed by atoms with Gasteiger partial charge >= 0.3 is 5.97 Å². The highest BCUT2D eigenvalue weighted by atomic mass is 32.2. The summed E-state index contributed by atoms with van der Waals surface area (Å²) in [6, 6.07) is 14.6. The summed E-state index contributed by atoms with van der Waals surface area (Å²) in [5, 5.41) is 32.0. The average molecular weight is 505 g/mol. The van der Waals surface area contributed by atoms with E-state index in [1.807, 2.05) is 0 Å². The van der Waals surface area contributed by atoms with Crippen molar-refractivity contribution < 1.29 is 37.7 Å². The van der Waals surface area contributed by atoms with Crippen LogP contribution in [-0.4, -0.2) is 55.7 Å². The Morgan fingerprint density at radius 1 is 1.06 bits per heavy atom. The zero-order valence-electron chi connectivity index (χ0n) is 18.7. The summed E-state index contributed by atoms with van der Waals surface area (Å²) in [5.74, 6) is -1.82. The van der Waals surface area contributed by atoms with Crippen molar-refractivity contribution in [2.45, 2.75) is 6.10 Å². The van der Waals surface area contributed by atoms with Crippen molar-refractivity contribution in [2.75, 3.05) is 30.7 Å².